The summed E-state index contributed by atoms with van der Waals surface area (Å²) < 4.78 is 0.281. The number of aromatic hydroxyl groups is 2. The highest BCUT2D eigenvalue weighted by molar-refractivity contribution is 8.00. The number of aliphatic hydroxyl groups excluding tert-OH is 1. The van der Waals surface area contributed by atoms with E-state index in [0.717, 1.165) is 23.1 Å². The maximum Gasteiger partial charge on any atom is 0.305 e. The van der Waals surface area contributed by atoms with Crippen molar-refractivity contribution in [2.45, 2.75) is 10.5 Å². The Morgan fingerprint density at radius 2 is 2.00 bits per heavy atom. The first kappa shape index (κ1) is 9.82. The molecule has 0 amide bonds. The number of hydrogen-bond donors (Lipinski definition) is 5. The lowest BCUT2D eigenvalue weighted by Gasteiger charge is -2.05. The molecule has 0 saturated heterocycles. The zero-order valence-electron chi connectivity index (χ0n) is 7.64. The van der Waals surface area contributed by atoms with Crippen LogP contribution in [0.5, 0.6) is 11.5 Å². The topological polar surface area (TPSA) is 106 Å². The van der Waals surface area contributed by atoms with Crippen LogP contribution in [-0.2, 0) is 0 Å². The number of benzene rings is 1. The number of nitrogens with one attached hydrogen (secondary N) is 2. The molecule has 8 heteroatoms. The van der Waals surface area contributed by atoms with E-state index >= 15 is 0 Å². The second-order valence-corrected chi connectivity index (χ2v) is 5.31. The lowest BCUT2D eigenvalue weighted by molar-refractivity contribution is 0.294. The Morgan fingerprint density at radius 1 is 1.25 bits per heavy atom. The standard InChI is InChI=1S/C8H6N2O4S2/c11-3-1-5(15-7(13)9-1)4(12)2-6(3)16-8(14)10-2/h7,9,11-13H,(H,10,14). The predicted molar refractivity (Wildman–Crippen MR) is 61.3 cm³/mol. The molecule has 2 heterocycles. The number of thiazole rings is 1. The summed E-state index contributed by atoms with van der Waals surface area (Å²) in [5, 5.41) is 31.7. The fourth-order valence-corrected chi connectivity index (χ4v) is 3.30. The molecule has 84 valence electrons. The van der Waals surface area contributed by atoms with Gasteiger partial charge in [-0.15, -0.1) is 0 Å². The largest absolute Gasteiger partial charge is 0.505 e. The molecule has 6 nitrogen and oxygen atoms in total. The van der Waals surface area contributed by atoms with Gasteiger partial charge in [0, 0.05) is 0 Å². The number of hydrogen-bond acceptors (Lipinski definition) is 7. The Labute approximate surface area is 96.5 Å². The van der Waals surface area contributed by atoms with E-state index in [9.17, 15) is 20.1 Å². The van der Waals surface area contributed by atoms with Gasteiger partial charge in [-0.25, -0.2) is 0 Å². The van der Waals surface area contributed by atoms with Crippen LogP contribution in [0.15, 0.2) is 9.69 Å². The average molecular weight is 258 g/mol. The van der Waals surface area contributed by atoms with Crippen LogP contribution in [0, 0.1) is 0 Å². The van der Waals surface area contributed by atoms with Crippen molar-refractivity contribution in [1.82, 2.24) is 4.98 Å². The van der Waals surface area contributed by atoms with Gasteiger partial charge in [-0.1, -0.05) is 23.1 Å². The van der Waals surface area contributed by atoms with Gasteiger partial charge in [-0.3, -0.25) is 4.79 Å². The van der Waals surface area contributed by atoms with E-state index in [1.165, 1.54) is 0 Å². The predicted octanol–water partition coefficient (Wildman–Crippen LogP) is 0.794. The summed E-state index contributed by atoms with van der Waals surface area (Å²) in [4.78, 5) is 13.6. The molecule has 0 aliphatic carbocycles. The number of H-pyrrole nitrogens is 1. The molecule has 3 rings (SSSR count). The van der Waals surface area contributed by atoms with Gasteiger partial charge in [0.25, 0.3) is 0 Å². The number of thioether (sulfide) groups is 1. The van der Waals surface area contributed by atoms with Crippen LogP contribution in [0.2, 0.25) is 0 Å². The van der Waals surface area contributed by atoms with Crippen LogP contribution >= 0.6 is 23.1 Å². The Balaban J connectivity index is 2.46. The zero-order valence-corrected chi connectivity index (χ0v) is 9.28. The summed E-state index contributed by atoms with van der Waals surface area (Å²) in [6.45, 7) is 0. The zero-order chi connectivity index (χ0) is 11.4. The molecule has 0 bridgehead atoms. The Morgan fingerprint density at radius 3 is 2.75 bits per heavy atom. The third-order valence-electron chi connectivity index (χ3n) is 2.28. The molecular weight excluding hydrogens is 252 g/mol. The highest BCUT2D eigenvalue weighted by atomic mass is 32.2. The molecular formula is C8H6N2O4S2. The Bertz CT molecular complexity index is 596. The van der Waals surface area contributed by atoms with Crippen molar-refractivity contribution in [3.05, 3.63) is 9.67 Å². The summed E-state index contributed by atoms with van der Waals surface area (Å²) >= 11 is 1.78. The normalized spacial score (nSPS) is 18.7. The van der Waals surface area contributed by atoms with E-state index in [1.54, 1.807) is 0 Å². The molecule has 0 fully saturated rings. The number of fused-ring (bicyclic) bond motifs is 2. The van der Waals surface area contributed by atoms with Gasteiger partial charge >= 0.3 is 4.87 Å². The number of rotatable bonds is 0. The molecule has 5 N–H and O–H groups in total. The van der Waals surface area contributed by atoms with E-state index in [0.29, 0.717) is 4.90 Å². The third kappa shape index (κ3) is 1.14. The minimum Gasteiger partial charge on any atom is -0.505 e. The van der Waals surface area contributed by atoms with Gasteiger partial charge in [0.05, 0.1) is 10.6 Å². The summed E-state index contributed by atoms with van der Waals surface area (Å²) in [5.74, 6) is -0.259. The Hall–Kier alpha value is -1.38. The first-order chi connectivity index (χ1) is 7.58. The molecule has 0 radical (unpaired) electrons. The van der Waals surface area contributed by atoms with Gasteiger partial charge in [-0.2, -0.15) is 0 Å². The van der Waals surface area contributed by atoms with Gasteiger partial charge < -0.3 is 25.6 Å². The van der Waals surface area contributed by atoms with E-state index in [-0.39, 0.29) is 32.3 Å². The lowest BCUT2D eigenvalue weighted by atomic mass is 10.2. The number of aliphatic hydroxyl groups is 1. The summed E-state index contributed by atoms with van der Waals surface area (Å²) in [6, 6.07) is 0. The van der Waals surface area contributed by atoms with E-state index in [4.69, 9.17) is 0 Å². The fraction of sp³-hybridized carbons (Fsp3) is 0.125. The van der Waals surface area contributed by atoms with Crippen molar-refractivity contribution in [2.75, 3.05) is 5.32 Å². The molecule has 1 unspecified atom stereocenters. The molecule has 1 atom stereocenters. The van der Waals surface area contributed by atoms with E-state index in [1.807, 2.05) is 0 Å². The highest BCUT2D eigenvalue weighted by Gasteiger charge is 2.29. The second-order valence-electron chi connectivity index (χ2n) is 3.23. The number of aromatic amines is 1. The Kier molecular flexibility index (Phi) is 1.88. The quantitative estimate of drug-likeness (QED) is 0.353. The van der Waals surface area contributed by atoms with Crippen LogP contribution in [-0.4, -0.2) is 25.9 Å². The smallest absolute Gasteiger partial charge is 0.305 e. The monoisotopic (exact) mass is 258 g/mol. The van der Waals surface area contributed by atoms with Crippen LogP contribution < -0.4 is 10.2 Å². The maximum atomic E-state index is 11.2. The first-order valence-electron chi connectivity index (χ1n) is 4.30. The number of phenolic OH excluding ortho intramolecular Hbond substituents is 2. The lowest BCUT2D eigenvalue weighted by Crippen LogP contribution is -2.06. The fourth-order valence-electron chi connectivity index (χ4n) is 1.63. The van der Waals surface area contributed by atoms with Crippen molar-refractivity contribution >= 4 is 39.0 Å². The minimum absolute atomic E-state index is 0.129. The SMILES string of the molecule is O=c1[nH]c2c(O)c3c(c(O)c2s1)NC(O)S3. The van der Waals surface area contributed by atoms with Crippen molar-refractivity contribution in [1.29, 1.82) is 0 Å². The molecule has 0 spiro atoms. The first-order valence-corrected chi connectivity index (χ1v) is 5.99. The van der Waals surface area contributed by atoms with Gasteiger partial charge in [-0.05, 0) is 0 Å². The number of aromatic nitrogens is 1. The van der Waals surface area contributed by atoms with Crippen LogP contribution in [0.4, 0.5) is 5.69 Å². The molecule has 1 aromatic heterocycles. The van der Waals surface area contributed by atoms with E-state index < -0.39 is 5.56 Å². The minimum atomic E-state index is -0.907. The van der Waals surface area contributed by atoms with Gasteiger partial charge in [0.2, 0.25) is 0 Å². The van der Waals surface area contributed by atoms with Crippen molar-refractivity contribution in [2.24, 2.45) is 0 Å². The third-order valence-corrected chi connectivity index (χ3v) is 4.14. The highest BCUT2D eigenvalue weighted by Crippen LogP contribution is 2.52. The molecule has 1 aromatic carbocycles. The average Bonchev–Trinajstić information content (AvgIpc) is 2.78. The number of phenols is 2. The van der Waals surface area contributed by atoms with Crippen molar-refractivity contribution < 1.29 is 15.3 Å². The summed E-state index contributed by atoms with van der Waals surface area (Å²) in [6.07, 6.45) is 0. The molecule has 2 aromatic rings. The summed E-state index contributed by atoms with van der Waals surface area (Å²) in [7, 11) is 0. The van der Waals surface area contributed by atoms with Crippen LogP contribution in [0.1, 0.15) is 0 Å². The molecule has 0 saturated carbocycles. The maximum absolute atomic E-state index is 11.2. The van der Waals surface area contributed by atoms with Gasteiger partial charge in [0.1, 0.15) is 10.2 Å². The van der Waals surface area contributed by atoms with E-state index in [2.05, 4.69) is 10.3 Å². The molecule has 16 heavy (non-hydrogen) atoms. The molecule has 1 aliphatic rings. The van der Waals surface area contributed by atoms with Crippen LogP contribution in [0.25, 0.3) is 10.2 Å². The number of anilines is 1. The second kappa shape index (κ2) is 3.06. The summed E-state index contributed by atoms with van der Waals surface area (Å²) in [5.41, 5.74) is -0.442. The van der Waals surface area contributed by atoms with Crippen molar-refractivity contribution in [3.8, 4) is 11.5 Å². The van der Waals surface area contributed by atoms with Gasteiger partial charge in [0.15, 0.2) is 17.1 Å². The van der Waals surface area contributed by atoms with Crippen LogP contribution in [0.3, 0.4) is 0 Å². The van der Waals surface area contributed by atoms with Crippen molar-refractivity contribution in [3.63, 3.8) is 0 Å². The molecule has 1 aliphatic heterocycles.